The van der Waals surface area contributed by atoms with E-state index in [0.29, 0.717) is 0 Å². The molecule has 0 spiro atoms. The van der Waals surface area contributed by atoms with Crippen LogP contribution in [-0.2, 0) is 24.2 Å². The Balaban J connectivity index is 1.66. The van der Waals surface area contributed by atoms with Crippen molar-refractivity contribution in [1.29, 1.82) is 0 Å². The quantitative estimate of drug-likeness (QED) is 0.211. The van der Waals surface area contributed by atoms with Gasteiger partial charge in [0.1, 0.15) is 16.7 Å². The fraction of sp³-hybridized carbons (Fsp3) is 0.375. The number of carboxylic acids is 1. The molecule has 2 aliphatic heterocycles. The molecule has 2 aliphatic rings. The maximum Gasteiger partial charge on any atom is 0.426 e. The number of nitrogens with zero attached hydrogens (tertiary/aromatic N) is 1. The highest BCUT2D eigenvalue weighted by molar-refractivity contribution is 7.94. The molecule has 0 aliphatic carbocycles. The van der Waals surface area contributed by atoms with Gasteiger partial charge < -0.3 is 25.0 Å². The number of β-lactam (4-membered cyclic amide) rings is 1. The number of rotatable bonds is 4. The number of fused-ring (bicyclic) bond motifs is 1. The number of ether oxygens (including phenoxy) is 1. The molecular weight excluding hydrogens is 426 g/mol. The van der Waals surface area contributed by atoms with E-state index in [-0.39, 0.29) is 12.0 Å². The summed E-state index contributed by atoms with van der Waals surface area (Å²) in [6.07, 6.45) is -1.67. The molecule has 30 heavy (non-hydrogen) atoms. The highest BCUT2D eigenvalue weighted by Gasteiger charge is 2.70. The van der Waals surface area contributed by atoms with Gasteiger partial charge >= 0.3 is 12.1 Å². The summed E-state index contributed by atoms with van der Waals surface area (Å²) in [5.74, 6) is -4.51. The zero-order valence-electron chi connectivity index (χ0n) is 15.4. The van der Waals surface area contributed by atoms with Crippen LogP contribution < -0.4 is 10.9 Å². The molecule has 0 saturated carbocycles. The number of hydrogen-bond donors (Lipinski definition) is 5. The van der Waals surface area contributed by atoms with Gasteiger partial charge in [-0.05, 0) is 19.1 Å². The zero-order chi connectivity index (χ0) is 22.4. The zero-order valence-corrected chi connectivity index (χ0v) is 16.2. The van der Waals surface area contributed by atoms with Crippen LogP contribution in [0.4, 0.5) is 4.79 Å². The number of phenols is 2. The molecule has 5 N–H and O–H groups in total. The number of hydrazine groups is 1. The summed E-state index contributed by atoms with van der Waals surface area (Å²) in [5.41, 5.74) is 3.33. The van der Waals surface area contributed by atoms with Gasteiger partial charge in [0.25, 0.3) is 5.91 Å². The van der Waals surface area contributed by atoms with Gasteiger partial charge in [-0.3, -0.25) is 15.0 Å². The van der Waals surface area contributed by atoms with Crippen molar-refractivity contribution in [3.63, 3.8) is 0 Å². The summed E-state index contributed by atoms with van der Waals surface area (Å²) >= 11 is 0. The van der Waals surface area contributed by atoms with Gasteiger partial charge in [0.15, 0.2) is 27.4 Å². The van der Waals surface area contributed by atoms with Crippen molar-refractivity contribution in [1.82, 2.24) is 15.8 Å². The standard InChI is InChI=1S/C16H17N3O10S/c1-16(12(14(24)25)19-9(21)5-10(19)30(16,27)28)6-29-15(26)18-17-13(23)7-3-2-4-8(20)11(7)22/h2-4,10,12,20,22H,5-6H2,1H3,(H,17,23)(H,18,26)(H,24,25)/t10-,12+,16+/m1/s1. The second-order valence-corrected chi connectivity index (χ2v) is 9.45. The largest absolute Gasteiger partial charge is 0.504 e. The number of benzene rings is 1. The molecular formula is C16H17N3O10S. The lowest BCUT2D eigenvalue weighted by Crippen LogP contribution is -2.58. The monoisotopic (exact) mass is 443 g/mol. The highest BCUT2D eigenvalue weighted by Crippen LogP contribution is 2.46. The van der Waals surface area contributed by atoms with Crippen molar-refractivity contribution in [2.45, 2.75) is 29.5 Å². The summed E-state index contributed by atoms with van der Waals surface area (Å²) in [4.78, 5) is 47.9. The van der Waals surface area contributed by atoms with E-state index in [0.717, 1.165) is 24.0 Å². The van der Waals surface area contributed by atoms with Crippen LogP contribution in [0.5, 0.6) is 11.5 Å². The Morgan fingerprint density at radius 2 is 1.93 bits per heavy atom. The van der Waals surface area contributed by atoms with Crippen LogP contribution in [0.15, 0.2) is 18.2 Å². The minimum Gasteiger partial charge on any atom is -0.504 e. The minimum atomic E-state index is -4.16. The Morgan fingerprint density at radius 1 is 1.27 bits per heavy atom. The normalized spacial score (nSPS) is 26.3. The Labute approximate surface area is 169 Å². The van der Waals surface area contributed by atoms with Crippen molar-refractivity contribution < 1.29 is 47.7 Å². The molecule has 3 rings (SSSR count). The molecule has 2 heterocycles. The van der Waals surface area contributed by atoms with Crippen LogP contribution in [0, 0.1) is 0 Å². The van der Waals surface area contributed by atoms with Crippen LogP contribution in [0.3, 0.4) is 0 Å². The average Bonchev–Trinajstić information content (AvgIpc) is 2.81. The Bertz CT molecular complexity index is 1060. The second kappa shape index (κ2) is 7.05. The lowest BCUT2D eigenvalue weighted by molar-refractivity contribution is -0.158. The van der Waals surface area contributed by atoms with Crippen LogP contribution in [0.25, 0.3) is 0 Å². The third-order valence-electron chi connectivity index (χ3n) is 5.07. The summed E-state index contributed by atoms with van der Waals surface area (Å²) in [7, 11) is -4.16. The van der Waals surface area contributed by atoms with E-state index < -0.39 is 68.0 Å². The molecule has 2 fully saturated rings. The number of carbonyl (C=O) groups excluding carboxylic acids is 3. The van der Waals surface area contributed by atoms with E-state index in [1.807, 2.05) is 10.9 Å². The number of aromatic hydroxyl groups is 2. The third-order valence-corrected chi connectivity index (χ3v) is 7.82. The van der Waals surface area contributed by atoms with E-state index in [1.54, 1.807) is 0 Å². The number of para-hydroxylation sites is 1. The van der Waals surface area contributed by atoms with Gasteiger partial charge in [-0.2, -0.15) is 0 Å². The van der Waals surface area contributed by atoms with Crippen LogP contribution >= 0.6 is 0 Å². The van der Waals surface area contributed by atoms with Crippen LogP contribution in [-0.4, -0.2) is 75.3 Å². The minimum absolute atomic E-state index is 0.350. The topological polar surface area (TPSA) is 200 Å². The fourth-order valence-corrected chi connectivity index (χ4v) is 5.68. The van der Waals surface area contributed by atoms with Gasteiger partial charge in [-0.1, -0.05) is 6.07 Å². The molecule has 13 nitrogen and oxygen atoms in total. The highest BCUT2D eigenvalue weighted by atomic mass is 32.2. The van der Waals surface area contributed by atoms with Crippen molar-refractivity contribution in [3.8, 4) is 11.5 Å². The average molecular weight is 443 g/mol. The van der Waals surface area contributed by atoms with Crippen molar-refractivity contribution in [2.24, 2.45) is 0 Å². The van der Waals surface area contributed by atoms with Crippen LogP contribution in [0.1, 0.15) is 23.7 Å². The number of nitrogens with one attached hydrogen (secondary N) is 2. The molecule has 14 heteroatoms. The van der Waals surface area contributed by atoms with E-state index in [2.05, 4.69) is 0 Å². The number of phenolic OH excluding ortho intramolecular Hbond substituents is 2. The number of carbonyl (C=O) groups is 4. The van der Waals surface area contributed by atoms with E-state index in [9.17, 15) is 42.9 Å². The van der Waals surface area contributed by atoms with E-state index >= 15 is 0 Å². The number of carboxylic acid groups (broad SMARTS) is 1. The Kier molecular flexibility index (Phi) is 4.97. The maximum absolute atomic E-state index is 12.7. The lowest BCUT2D eigenvalue weighted by atomic mass is 9.97. The van der Waals surface area contributed by atoms with Gasteiger partial charge in [0.2, 0.25) is 5.91 Å². The molecule has 0 unspecified atom stereocenters. The van der Waals surface area contributed by atoms with E-state index in [1.165, 1.54) is 6.07 Å². The number of sulfone groups is 1. The predicted octanol–water partition coefficient (Wildman–Crippen LogP) is -1.33. The number of aliphatic carboxylic acids is 1. The van der Waals surface area contributed by atoms with Crippen molar-refractivity contribution in [2.75, 3.05) is 6.61 Å². The van der Waals surface area contributed by atoms with Crippen LogP contribution in [0.2, 0.25) is 0 Å². The molecule has 0 aromatic heterocycles. The first kappa shape index (κ1) is 21.2. The second-order valence-electron chi connectivity index (χ2n) is 6.89. The fourth-order valence-electron chi connectivity index (χ4n) is 3.41. The molecule has 3 amide bonds. The Hall–Kier alpha value is -3.55. The molecule has 3 atom stereocenters. The van der Waals surface area contributed by atoms with Crippen molar-refractivity contribution >= 4 is 33.7 Å². The van der Waals surface area contributed by atoms with Gasteiger partial charge in [0.05, 0.1) is 12.0 Å². The Morgan fingerprint density at radius 3 is 2.53 bits per heavy atom. The van der Waals surface area contributed by atoms with Gasteiger partial charge in [0, 0.05) is 0 Å². The first-order valence-electron chi connectivity index (χ1n) is 8.43. The summed E-state index contributed by atoms with van der Waals surface area (Å²) in [6, 6.07) is 1.82. The SMILES string of the molecule is C[C@]1(COC(=O)NNC(=O)c2cccc(O)c2O)[C@H](C(=O)O)N2C(=O)C[C@H]2S1(=O)=O. The molecule has 0 radical (unpaired) electrons. The van der Waals surface area contributed by atoms with E-state index in [4.69, 9.17) is 4.74 Å². The van der Waals surface area contributed by atoms with Gasteiger partial charge in [-0.15, -0.1) is 0 Å². The maximum atomic E-state index is 12.7. The first-order chi connectivity index (χ1) is 13.9. The molecule has 2 saturated heterocycles. The molecule has 1 aromatic carbocycles. The molecule has 0 bridgehead atoms. The smallest absolute Gasteiger partial charge is 0.426 e. The summed E-state index contributed by atoms with van der Waals surface area (Å²) in [6.45, 7) is 0.162. The summed E-state index contributed by atoms with van der Waals surface area (Å²) in [5, 5.41) is 27.1. The molecule has 1 aromatic rings. The number of hydrogen-bond acceptors (Lipinski definition) is 9. The summed E-state index contributed by atoms with van der Waals surface area (Å²) < 4.78 is 28.1. The first-order valence-corrected chi connectivity index (χ1v) is 9.98. The molecule has 162 valence electrons. The van der Waals surface area contributed by atoms with Crippen molar-refractivity contribution in [3.05, 3.63) is 23.8 Å². The lowest BCUT2D eigenvalue weighted by Gasteiger charge is -2.35. The number of amides is 3. The third kappa shape index (κ3) is 3.04. The predicted molar refractivity (Wildman–Crippen MR) is 95.7 cm³/mol. The van der Waals surface area contributed by atoms with Gasteiger partial charge in [-0.25, -0.2) is 23.4 Å².